The lowest BCUT2D eigenvalue weighted by Gasteiger charge is -2.00. The van der Waals surface area contributed by atoms with Crippen molar-refractivity contribution in [2.75, 3.05) is 0 Å². The van der Waals surface area contributed by atoms with Crippen LogP contribution < -0.4 is 0 Å². The van der Waals surface area contributed by atoms with Gasteiger partial charge in [-0.25, -0.2) is 0 Å². The van der Waals surface area contributed by atoms with E-state index in [9.17, 15) is 4.79 Å². The fourth-order valence-electron chi connectivity index (χ4n) is 1.38. The van der Waals surface area contributed by atoms with Gasteiger partial charge in [0.1, 0.15) is 6.29 Å². The Hall–Kier alpha value is -1.89. The van der Waals surface area contributed by atoms with Crippen LogP contribution in [0.15, 0.2) is 54.6 Å². The summed E-state index contributed by atoms with van der Waals surface area (Å²) in [5.41, 5.74) is 3.02. The molecule has 0 heterocycles. The SMILES string of the molecule is C.CC.O=Cc1ccc(-c2ccccc2)cc1. The third-order valence-corrected chi connectivity index (χ3v) is 2.15. The molecule has 1 heteroatoms. The molecule has 2 aromatic carbocycles. The van der Waals surface area contributed by atoms with Crippen molar-refractivity contribution in [3.63, 3.8) is 0 Å². The van der Waals surface area contributed by atoms with Gasteiger partial charge in [0.2, 0.25) is 0 Å². The fourth-order valence-corrected chi connectivity index (χ4v) is 1.38. The number of rotatable bonds is 2. The number of carbonyl (C=O) groups is 1. The zero-order chi connectivity index (χ0) is 11.8. The monoisotopic (exact) mass is 228 g/mol. The summed E-state index contributed by atoms with van der Waals surface area (Å²) in [4.78, 5) is 10.5. The van der Waals surface area contributed by atoms with E-state index in [1.165, 1.54) is 5.56 Å². The van der Waals surface area contributed by atoms with Crippen molar-refractivity contribution in [3.05, 3.63) is 60.2 Å². The van der Waals surface area contributed by atoms with E-state index in [2.05, 4.69) is 12.1 Å². The molecule has 0 aliphatic rings. The summed E-state index contributed by atoms with van der Waals surface area (Å²) in [7, 11) is 0. The topological polar surface area (TPSA) is 17.1 Å². The van der Waals surface area contributed by atoms with Crippen LogP contribution in [0, 0.1) is 0 Å². The fraction of sp³-hybridized carbons (Fsp3) is 0.188. The minimum absolute atomic E-state index is 0. The maximum absolute atomic E-state index is 10.5. The first-order valence-corrected chi connectivity index (χ1v) is 5.51. The van der Waals surface area contributed by atoms with Gasteiger partial charge in [0.05, 0.1) is 0 Å². The predicted molar refractivity (Wildman–Crippen MR) is 75.3 cm³/mol. The standard InChI is InChI=1S/C13H10O.C2H6.CH4/c14-10-11-6-8-13(9-7-11)12-4-2-1-3-5-12;1-2;/h1-10H;1-2H3;1H4. The zero-order valence-electron chi connectivity index (χ0n) is 9.68. The molecule has 0 aromatic heterocycles. The number of aldehydes is 1. The smallest absolute Gasteiger partial charge is 0.150 e. The number of hydrogen-bond acceptors (Lipinski definition) is 1. The lowest BCUT2D eigenvalue weighted by Crippen LogP contribution is -1.80. The summed E-state index contributed by atoms with van der Waals surface area (Å²) in [5, 5.41) is 0. The van der Waals surface area contributed by atoms with Gasteiger partial charge in [-0.2, -0.15) is 0 Å². The van der Waals surface area contributed by atoms with Gasteiger partial charge in [0, 0.05) is 5.56 Å². The first-order valence-electron chi connectivity index (χ1n) is 5.51. The molecule has 90 valence electrons. The molecule has 0 amide bonds. The third-order valence-electron chi connectivity index (χ3n) is 2.15. The van der Waals surface area contributed by atoms with E-state index in [-0.39, 0.29) is 7.43 Å². The minimum Gasteiger partial charge on any atom is -0.298 e. The van der Waals surface area contributed by atoms with Crippen LogP contribution in [0.25, 0.3) is 11.1 Å². The van der Waals surface area contributed by atoms with Crippen molar-refractivity contribution in [1.29, 1.82) is 0 Å². The van der Waals surface area contributed by atoms with E-state index >= 15 is 0 Å². The molecule has 0 aliphatic heterocycles. The van der Waals surface area contributed by atoms with Gasteiger partial charge in [0.15, 0.2) is 0 Å². The Morgan fingerprint density at radius 1 is 0.765 bits per heavy atom. The highest BCUT2D eigenvalue weighted by molar-refractivity contribution is 5.76. The van der Waals surface area contributed by atoms with Gasteiger partial charge in [-0.15, -0.1) is 0 Å². The van der Waals surface area contributed by atoms with Crippen LogP contribution in [0.3, 0.4) is 0 Å². The Labute approximate surface area is 104 Å². The zero-order valence-corrected chi connectivity index (χ0v) is 9.68. The highest BCUT2D eigenvalue weighted by Gasteiger charge is 1.95. The van der Waals surface area contributed by atoms with Gasteiger partial charge in [-0.05, 0) is 11.1 Å². The highest BCUT2D eigenvalue weighted by atomic mass is 16.1. The molecule has 2 rings (SSSR count). The Balaban J connectivity index is 0.000000811. The van der Waals surface area contributed by atoms with Gasteiger partial charge in [-0.1, -0.05) is 75.9 Å². The molecule has 0 radical (unpaired) electrons. The van der Waals surface area contributed by atoms with Crippen molar-refractivity contribution >= 4 is 6.29 Å². The van der Waals surface area contributed by atoms with Crippen LogP contribution in [0.2, 0.25) is 0 Å². The second-order valence-electron chi connectivity index (χ2n) is 3.11. The van der Waals surface area contributed by atoms with Crippen molar-refractivity contribution in [1.82, 2.24) is 0 Å². The van der Waals surface area contributed by atoms with Gasteiger partial charge >= 0.3 is 0 Å². The second-order valence-corrected chi connectivity index (χ2v) is 3.11. The molecular formula is C16H20O. The molecule has 0 bridgehead atoms. The first-order chi connectivity index (χ1) is 7.90. The second kappa shape index (κ2) is 8.28. The molecule has 0 spiro atoms. The third kappa shape index (κ3) is 4.23. The minimum atomic E-state index is 0. The molecule has 17 heavy (non-hydrogen) atoms. The van der Waals surface area contributed by atoms with Crippen LogP contribution in [0.5, 0.6) is 0 Å². The maximum Gasteiger partial charge on any atom is 0.150 e. The van der Waals surface area contributed by atoms with Crippen LogP contribution in [0.4, 0.5) is 0 Å². The normalized spacial score (nSPS) is 8.35. The van der Waals surface area contributed by atoms with Crippen LogP contribution in [-0.2, 0) is 0 Å². The summed E-state index contributed by atoms with van der Waals surface area (Å²) < 4.78 is 0. The lowest BCUT2D eigenvalue weighted by atomic mass is 10.0. The number of benzene rings is 2. The number of hydrogen-bond donors (Lipinski definition) is 0. The highest BCUT2D eigenvalue weighted by Crippen LogP contribution is 2.18. The maximum atomic E-state index is 10.5. The number of carbonyl (C=O) groups excluding carboxylic acids is 1. The molecule has 2 aromatic rings. The van der Waals surface area contributed by atoms with Crippen LogP contribution in [-0.4, -0.2) is 6.29 Å². The van der Waals surface area contributed by atoms with Crippen molar-refractivity contribution in [2.45, 2.75) is 21.3 Å². The Morgan fingerprint density at radius 3 is 1.71 bits per heavy atom. The molecule has 0 atom stereocenters. The van der Waals surface area contributed by atoms with Gasteiger partial charge in [-0.3, -0.25) is 4.79 Å². The van der Waals surface area contributed by atoms with Crippen molar-refractivity contribution in [3.8, 4) is 11.1 Å². The quantitative estimate of drug-likeness (QED) is 0.673. The summed E-state index contributed by atoms with van der Waals surface area (Å²) in [6.07, 6.45) is 0.856. The molecule has 0 fully saturated rings. The summed E-state index contributed by atoms with van der Waals surface area (Å²) in [6.45, 7) is 4.00. The Kier molecular flexibility index (Phi) is 7.36. The Morgan fingerprint density at radius 2 is 1.24 bits per heavy atom. The van der Waals surface area contributed by atoms with E-state index in [4.69, 9.17) is 0 Å². The van der Waals surface area contributed by atoms with Gasteiger partial charge < -0.3 is 0 Å². The summed E-state index contributed by atoms with van der Waals surface area (Å²) in [5.74, 6) is 0. The first kappa shape index (κ1) is 15.1. The summed E-state index contributed by atoms with van der Waals surface area (Å²) in [6, 6.07) is 17.7. The Bertz CT molecular complexity index is 415. The predicted octanol–water partition coefficient (Wildman–Crippen LogP) is 4.83. The molecule has 0 aliphatic carbocycles. The summed E-state index contributed by atoms with van der Waals surface area (Å²) >= 11 is 0. The van der Waals surface area contributed by atoms with E-state index in [1.54, 1.807) is 0 Å². The largest absolute Gasteiger partial charge is 0.298 e. The van der Waals surface area contributed by atoms with Crippen LogP contribution >= 0.6 is 0 Å². The molecule has 1 nitrogen and oxygen atoms in total. The molecule has 0 saturated carbocycles. The molecular weight excluding hydrogens is 208 g/mol. The van der Waals surface area contributed by atoms with Crippen LogP contribution in [0.1, 0.15) is 31.6 Å². The van der Waals surface area contributed by atoms with Gasteiger partial charge in [0.25, 0.3) is 0 Å². The molecule has 0 unspecified atom stereocenters. The van der Waals surface area contributed by atoms with E-state index < -0.39 is 0 Å². The van der Waals surface area contributed by atoms with E-state index in [1.807, 2.05) is 56.3 Å². The average molecular weight is 228 g/mol. The van der Waals surface area contributed by atoms with E-state index in [0.717, 1.165) is 11.8 Å². The lowest BCUT2D eigenvalue weighted by molar-refractivity contribution is 0.112. The van der Waals surface area contributed by atoms with Crippen molar-refractivity contribution in [2.24, 2.45) is 0 Å². The average Bonchev–Trinajstić information content (AvgIpc) is 2.42. The molecule has 0 saturated heterocycles. The van der Waals surface area contributed by atoms with E-state index in [0.29, 0.717) is 5.56 Å². The van der Waals surface area contributed by atoms with Crippen molar-refractivity contribution < 1.29 is 4.79 Å². The molecule has 0 N–H and O–H groups in total.